The van der Waals surface area contributed by atoms with E-state index in [2.05, 4.69) is 15.1 Å². The molecule has 5 nitrogen and oxygen atoms in total. The summed E-state index contributed by atoms with van der Waals surface area (Å²) < 4.78 is 0. The first-order valence-corrected chi connectivity index (χ1v) is 4.39. The van der Waals surface area contributed by atoms with Crippen LogP contribution in [0.25, 0.3) is 11.3 Å². The molecule has 0 aliphatic carbocycles. The van der Waals surface area contributed by atoms with Gasteiger partial charge in [-0.25, -0.2) is 4.98 Å². The fourth-order valence-electron chi connectivity index (χ4n) is 1.26. The van der Waals surface area contributed by atoms with Crippen LogP contribution >= 0.6 is 0 Å². The number of hydrogen-bond acceptors (Lipinski definition) is 3. The molecule has 2 aromatic rings. The van der Waals surface area contributed by atoms with Gasteiger partial charge in [0.1, 0.15) is 0 Å². The SMILES string of the molecule is N/C(=N/O)c1ncc(-c2ccccc2)[nH]1. The molecule has 1 aromatic carbocycles. The molecule has 1 aromatic heterocycles. The zero-order chi connectivity index (χ0) is 10.7. The molecule has 0 aliphatic heterocycles. The summed E-state index contributed by atoms with van der Waals surface area (Å²) in [6.45, 7) is 0. The van der Waals surface area contributed by atoms with Crippen molar-refractivity contribution in [2.24, 2.45) is 10.9 Å². The van der Waals surface area contributed by atoms with Crippen molar-refractivity contribution in [2.45, 2.75) is 0 Å². The second-order valence-electron chi connectivity index (χ2n) is 3.00. The Labute approximate surface area is 86.3 Å². The van der Waals surface area contributed by atoms with Crippen molar-refractivity contribution in [1.29, 1.82) is 0 Å². The molecular weight excluding hydrogens is 192 g/mol. The summed E-state index contributed by atoms with van der Waals surface area (Å²) in [7, 11) is 0. The number of hydrogen-bond donors (Lipinski definition) is 3. The number of H-pyrrole nitrogens is 1. The number of aromatic nitrogens is 2. The Balaban J connectivity index is 2.36. The Morgan fingerprint density at radius 1 is 1.33 bits per heavy atom. The predicted octanol–water partition coefficient (Wildman–Crippen LogP) is 1.17. The first kappa shape index (κ1) is 9.26. The quantitative estimate of drug-likeness (QED) is 0.295. The van der Waals surface area contributed by atoms with Gasteiger partial charge in [0.2, 0.25) is 5.84 Å². The van der Waals surface area contributed by atoms with E-state index in [9.17, 15) is 0 Å². The highest BCUT2D eigenvalue weighted by molar-refractivity contribution is 5.94. The largest absolute Gasteiger partial charge is 0.409 e. The minimum Gasteiger partial charge on any atom is -0.409 e. The van der Waals surface area contributed by atoms with E-state index < -0.39 is 0 Å². The van der Waals surface area contributed by atoms with Gasteiger partial charge in [0.25, 0.3) is 0 Å². The molecule has 4 N–H and O–H groups in total. The summed E-state index contributed by atoms with van der Waals surface area (Å²) in [4.78, 5) is 6.95. The minimum atomic E-state index is -0.0304. The van der Waals surface area contributed by atoms with Gasteiger partial charge in [0.05, 0.1) is 11.9 Å². The number of nitrogens with zero attached hydrogens (tertiary/aromatic N) is 2. The molecule has 5 heteroatoms. The molecule has 2 rings (SSSR count). The van der Waals surface area contributed by atoms with Gasteiger partial charge in [-0.05, 0) is 5.56 Å². The highest BCUT2D eigenvalue weighted by Crippen LogP contribution is 2.15. The molecule has 0 spiro atoms. The van der Waals surface area contributed by atoms with Crippen LogP contribution in [0.3, 0.4) is 0 Å². The van der Waals surface area contributed by atoms with Crippen molar-refractivity contribution >= 4 is 5.84 Å². The van der Waals surface area contributed by atoms with E-state index in [1.54, 1.807) is 6.20 Å². The zero-order valence-electron chi connectivity index (χ0n) is 7.88. The molecule has 0 bridgehead atoms. The molecule has 0 saturated carbocycles. The van der Waals surface area contributed by atoms with Gasteiger partial charge in [0, 0.05) is 0 Å². The van der Waals surface area contributed by atoms with Crippen LogP contribution in [0.5, 0.6) is 0 Å². The monoisotopic (exact) mass is 202 g/mol. The fraction of sp³-hybridized carbons (Fsp3) is 0. The third-order valence-corrected chi connectivity index (χ3v) is 2.01. The van der Waals surface area contributed by atoms with E-state index in [1.807, 2.05) is 30.3 Å². The number of benzene rings is 1. The summed E-state index contributed by atoms with van der Waals surface area (Å²) in [5.41, 5.74) is 7.22. The summed E-state index contributed by atoms with van der Waals surface area (Å²) in [5.74, 6) is 0.327. The van der Waals surface area contributed by atoms with Crippen molar-refractivity contribution in [3.63, 3.8) is 0 Å². The second kappa shape index (κ2) is 3.83. The van der Waals surface area contributed by atoms with Crippen molar-refractivity contribution in [2.75, 3.05) is 0 Å². The minimum absolute atomic E-state index is 0.0304. The first-order chi connectivity index (χ1) is 7.31. The molecule has 1 heterocycles. The number of rotatable bonds is 2. The molecule has 0 aliphatic rings. The van der Waals surface area contributed by atoms with Crippen LogP contribution in [0, 0.1) is 0 Å². The topological polar surface area (TPSA) is 87.3 Å². The van der Waals surface area contributed by atoms with Crippen molar-refractivity contribution < 1.29 is 5.21 Å². The zero-order valence-corrected chi connectivity index (χ0v) is 7.88. The van der Waals surface area contributed by atoms with Crippen LogP contribution in [0.15, 0.2) is 41.7 Å². The predicted molar refractivity (Wildman–Crippen MR) is 56.5 cm³/mol. The second-order valence-corrected chi connectivity index (χ2v) is 3.00. The maximum absolute atomic E-state index is 8.47. The molecule has 0 fully saturated rings. The smallest absolute Gasteiger partial charge is 0.205 e. The maximum atomic E-state index is 8.47. The highest BCUT2D eigenvalue weighted by Gasteiger charge is 2.05. The third-order valence-electron chi connectivity index (χ3n) is 2.01. The van der Waals surface area contributed by atoms with Gasteiger partial charge >= 0.3 is 0 Å². The highest BCUT2D eigenvalue weighted by atomic mass is 16.4. The summed E-state index contributed by atoms with van der Waals surface area (Å²) in [6, 6.07) is 9.69. The van der Waals surface area contributed by atoms with E-state index >= 15 is 0 Å². The van der Waals surface area contributed by atoms with Gasteiger partial charge in [-0.3, -0.25) is 0 Å². The van der Waals surface area contributed by atoms with E-state index in [1.165, 1.54) is 0 Å². The Kier molecular flexibility index (Phi) is 2.37. The number of nitrogens with two attached hydrogens (primary N) is 1. The van der Waals surface area contributed by atoms with E-state index in [4.69, 9.17) is 10.9 Å². The lowest BCUT2D eigenvalue weighted by molar-refractivity contribution is 0.318. The Hall–Kier alpha value is -2.30. The van der Waals surface area contributed by atoms with E-state index in [0.717, 1.165) is 11.3 Å². The average Bonchev–Trinajstić information content (AvgIpc) is 2.78. The molecule has 0 atom stereocenters. The molecular formula is C10H10N4O. The summed E-state index contributed by atoms with van der Waals surface area (Å²) in [6.07, 6.45) is 1.64. The van der Waals surface area contributed by atoms with Gasteiger partial charge in [-0.2, -0.15) is 0 Å². The lowest BCUT2D eigenvalue weighted by atomic mass is 10.2. The summed E-state index contributed by atoms with van der Waals surface area (Å²) in [5, 5.41) is 11.3. The Morgan fingerprint density at radius 2 is 2.07 bits per heavy atom. The van der Waals surface area contributed by atoms with Gasteiger partial charge in [-0.1, -0.05) is 35.5 Å². The van der Waals surface area contributed by atoms with Crippen LogP contribution in [-0.4, -0.2) is 21.0 Å². The number of nitrogens with one attached hydrogen (secondary N) is 1. The molecule has 0 radical (unpaired) electrons. The molecule has 0 saturated heterocycles. The number of amidine groups is 1. The number of imidazole rings is 1. The lowest BCUT2D eigenvalue weighted by Crippen LogP contribution is -2.14. The normalized spacial score (nSPS) is 11.6. The van der Waals surface area contributed by atoms with Gasteiger partial charge < -0.3 is 15.9 Å². The lowest BCUT2D eigenvalue weighted by Gasteiger charge is -1.95. The first-order valence-electron chi connectivity index (χ1n) is 4.39. The molecule has 0 unspecified atom stereocenters. The standard InChI is InChI=1S/C10H10N4O/c11-9(14-15)10-12-6-8(13-10)7-4-2-1-3-5-7/h1-6,15H,(H2,11,14)(H,12,13). The van der Waals surface area contributed by atoms with Crippen molar-refractivity contribution in [3.8, 4) is 11.3 Å². The number of oxime groups is 1. The molecule has 76 valence electrons. The third kappa shape index (κ3) is 1.80. The van der Waals surface area contributed by atoms with Crippen LogP contribution in [0.2, 0.25) is 0 Å². The maximum Gasteiger partial charge on any atom is 0.205 e. The van der Waals surface area contributed by atoms with Crippen LogP contribution < -0.4 is 5.73 Å². The van der Waals surface area contributed by atoms with E-state index in [0.29, 0.717) is 5.82 Å². The average molecular weight is 202 g/mol. The summed E-state index contributed by atoms with van der Waals surface area (Å²) >= 11 is 0. The fourth-order valence-corrected chi connectivity index (χ4v) is 1.26. The Bertz CT molecular complexity index is 475. The molecule has 15 heavy (non-hydrogen) atoms. The number of aromatic amines is 1. The van der Waals surface area contributed by atoms with Gasteiger partial charge in [-0.15, -0.1) is 0 Å². The van der Waals surface area contributed by atoms with Gasteiger partial charge in [0.15, 0.2) is 5.82 Å². The van der Waals surface area contributed by atoms with E-state index in [-0.39, 0.29) is 5.84 Å². The van der Waals surface area contributed by atoms with Crippen molar-refractivity contribution in [1.82, 2.24) is 9.97 Å². The Morgan fingerprint density at radius 3 is 2.73 bits per heavy atom. The van der Waals surface area contributed by atoms with Crippen LogP contribution in [0.1, 0.15) is 5.82 Å². The van der Waals surface area contributed by atoms with Crippen LogP contribution in [0.4, 0.5) is 0 Å². The van der Waals surface area contributed by atoms with Crippen LogP contribution in [-0.2, 0) is 0 Å². The van der Waals surface area contributed by atoms with Crippen molar-refractivity contribution in [3.05, 3.63) is 42.4 Å². The molecule has 0 amide bonds.